The molecule has 0 atom stereocenters. The molecule has 112 valence electrons. The lowest BCUT2D eigenvalue weighted by atomic mass is 9.86. The minimum atomic E-state index is -0.0222. The average molecular weight is 303 g/mol. The zero-order chi connectivity index (χ0) is 15.5. The van der Waals surface area contributed by atoms with Crippen LogP contribution in [0.2, 0.25) is 0 Å². The molecule has 0 aliphatic carbocycles. The van der Waals surface area contributed by atoms with E-state index in [0.717, 1.165) is 11.4 Å². The molecular weight excluding hydrogens is 282 g/mol. The number of benzene rings is 1. The molecule has 1 aromatic heterocycles. The van der Waals surface area contributed by atoms with Gasteiger partial charge in [-0.2, -0.15) is 0 Å². The summed E-state index contributed by atoms with van der Waals surface area (Å²) in [6.07, 6.45) is 1.18. The summed E-state index contributed by atoms with van der Waals surface area (Å²) in [7, 11) is 0. The van der Waals surface area contributed by atoms with Gasteiger partial charge in [0.25, 0.3) is 0 Å². The number of hydrogen-bond donors (Lipinski definition) is 1. The molecule has 4 nitrogen and oxygen atoms in total. The summed E-state index contributed by atoms with van der Waals surface area (Å²) in [4.78, 5) is 11.8. The quantitative estimate of drug-likeness (QED) is 0.936. The second-order valence-corrected chi connectivity index (χ2v) is 7.30. The standard InChI is InChI=1S/C16H21N3OS/c1-11-18-19-15(21-11)17-14(20)10-7-12-5-8-13(9-6-12)16(2,3)4/h5-6,8-9H,7,10H2,1-4H3,(H,17,19,20). The van der Waals surface area contributed by atoms with Crippen molar-refractivity contribution in [3.05, 3.63) is 40.4 Å². The largest absolute Gasteiger partial charge is 0.301 e. The molecule has 1 N–H and O–H groups in total. The van der Waals surface area contributed by atoms with Gasteiger partial charge in [0.1, 0.15) is 5.01 Å². The number of nitrogens with one attached hydrogen (secondary N) is 1. The Morgan fingerprint density at radius 2 is 1.86 bits per heavy atom. The van der Waals surface area contributed by atoms with Crippen molar-refractivity contribution in [2.24, 2.45) is 0 Å². The van der Waals surface area contributed by atoms with Crippen molar-refractivity contribution in [3.8, 4) is 0 Å². The molecule has 1 heterocycles. The molecule has 0 aliphatic heterocycles. The average Bonchev–Trinajstić information content (AvgIpc) is 2.81. The van der Waals surface area contributed by atoms with Gasteiger partial charge in [0.2, 0.25) is 11.0 Å². The van der Waals surface area contributed by atoms with Gasteiger partial charge in [-0.05, 0) is 29.9 Å². The van der Waals surface area contributed by atoms with E-state index >= 15 is 0 Å². The molecule has 1 amide bonds. The predicted molar refractivity (Wildman–Crippen MR) is 86.7 cm³/mol. The van der Waals surface area contributed by atoms with Crippen molar-refractivity contribution >= 4 is 22.4 Å². The number of aromatic nitrogens is 2. The van der Waals surface area contributed by atoms with Crippen LogP contribution in [-0.4, -0.2) is 16.1 Å². The Balaban J connectivity index is 1.86. The summed E-state index contributed by atoms with van der Waals surface area (Å²) in [5.74, 6) is -0.0222. The fourth-order valence-electron chi connectivity index (χ4n) is 1.96. The highest BCUT2D eigenvalue weighted by Crippen LogP contribution is 2.22. The first-order valence-electron chi connectivity index (χ1n) is 7.04. The fourth-order valence-corrected chi connectivity index (χ4v) is 2.57. The number of hydrogen-bond acceptors (Lipinski definition) is 4. The summed E-state index contributed by atoms with van der Waals surface area (Å²) in [6.45, 7) is 8.45. The lowest BCUT2D eigenvalue weighted by molar-refractivity contribution is -0.116. The van der Waals surface area contributed by atoms with Crippen LogP contribution in [0.25, 0.3) is 0 Å². The first-order chi connectivity index (χ1) is 9.84. The maximum absolute atomic E-state index is 11.8. The van der Waals surface area contributed by atoms with Gasteiger partial charge in [0.05, 0.1) is 0 Å². The van der Waals surface area contributed by atoms with Gasteiger partial charge < -0.3 is 5.32 Å². The second-order valence-electron chi connectivity index (χ2n) is 6.12. The molecule has 2 aromatic rings. The van der Waals surface area contributed by atoms with Crippen LogP contribution < -0.4 is 5.32 Å². The SMILES string of the molecule is Cc1nnc(NC(=O)CCc2ccc(C(C)(C)C)cc2)s1. The lowest BCUT2D eigenvalue weighted by Gasteiger charge is -2.19. The third kappa shape index (κ3) is 4.63. The fraction of sp³-hybridized carbons (Fsp3) is 0.438. The molecule has 0 saturated heterocycles. The maximum Gasteiger partial charge on any atom is 0.226 e. The molecule has 0 bridgehead atoms. The Kier molecular flexibility index (Phi) is 4.73. The molecule has 0 spiro atoms. The van der Waals surface area contributed by atoms with E-state index in [1.165, 1.54) is 22.5 Å². The Morgan fingerprint density at radius 1 is 1.19 bits per heavy atom. The van der Waals surface area contributed by atoms with Crippen molar-refractivity contribution in [1.29, 1.82) is 0 Å². The van der Waals surface area contributed by atoms with Gasteiger partial charge in [0, 0.05) is 6.42 Å². The summed E-state index contributed by atoms with van der Waals surface area (Å²) in [5.41, 5.74) is 2.64. The molecule has 0 fully saturated rings. The van der Waals surface area contributed by atoms with Crippen molar-refractivity contribution in [1.82, 2.24) is 10.2 Å². The first kappa shape index (κ1) is 15.6. The van der Waals surface area contributed by atoms with Crippen molar-refractivity contribution < 1.29 is 4.79 Å². The monoisotopic (exact) mass is 303 g/mol. The van der Waals surface area contributed by atoms with Crippen molar-refractivity contribution in [2.75, 3.05) is 5.32 Å². The van der Waals surface area contributed by atoms with Crippen LogP contribution in [0.4, 0.5) is 5.13 Å². The number of anilines is 1. The normalized spacial score (nSPS) is 11.4. The number of amides is 1. The van der Waals surface area contributed by atoms with Crippen molar-refractivity contribution in [2.45, 2.75) is 46.0 Å². The molecule has 0 unspecified atom stereocenters. The van der Waals surface area contributed by atoms with E-state index in [1.807, 2.05) is 6.92 Å². The van der Waals surface area contributed by atoms with Crippen LogP contribution in [0, 0.1) is 6.92 Å². The van der Waals surface area contributed by atoms with E-state index < -0.39 is 0 Å². The molecular formula is C16H21N3OS. The predicted octanol–water partition coefficient (Wildman–Crippen LogP) is 3.72. The summed E-state index contributed by atoms with van der Waals surface area (Å²) >= 11 is 1.39. The molecule has 21 heavy (non-hydrogen) atoms. The van der Waals surface area contributed by atoms with E-state index in [4.69, 9.17) is 0 Å². The van der Waals surface area contributed by atoms with Crippen LogP contribution in [0.15, 0.2) is 24.3 Å². The Morgan fingerprint density at radius 3 is 2.38 bits per heavy atom. The molecule has 1 aromatic carbocycles. The van der Waals surface area contributed by atoms with Crippen LogP contribution in [0.5, 0.6) is 0 Å². The van der Waals surface area contributed by atoms with Crippen LogP contribution in [0.3, 0.4) is 0 Å². The molecule has 0 aliphatic rings. The Labute approximate surface area is 129 Å². The first-order valence-corrected chi connectivity index (χ1v) is 7.85. The van der Waals surface area contributed by atoms with E-state index in [-0.39, 0.29) is 11.3 Å². The summed E-state index contributed by atoms with van der Waals surface area (Å²) < 4.78 is 0. The van der Waals surface area contributed by atoms with Crippen LogP contribution >= 0.6 is 11.3 Å². The van der Waals surface area contributed by atoms with E-state index in [1.54, 1.807) is 0 Å². The number of carbonyl (C=O) groups excluding carboxylic acids is 1. The maximum atomic E-state index is 11.8. The van der Waals surface area contributed by atoms with Crippen molar-refractivity contribution in [3.63, 3.8) is 0 Å². The minimum absolute atomic E-state index is 0.0222. The van der Waals surface area contributed by atoms with E-state index in [0.29, 0.717) is 11.6 Å². The topological polar surface area (TPSA) is 54.9 Å². The Hall–Kier alpha value is -1.75. The highest BCUT2D eigenvalue weighted by molar-refractivity contribution is 7.15. The second kappa shape index (κ2) is 6.35. The smallest absolute Gasteiger partial charge is 0.226 e. The number of rotatable bonds is 4. The summed E-state index contributed by atoms with van der Waals surface area (Å²) in [6, 6.07) is 8.48. The molecule has 0 radical (unpaired) electrons. The minimum Gasteiger partial charge on any atom is -0.301 e. The van der Waals surface area contributed by atoms with Crippen LogP contribution in [0.1, 0.15) is 43.3 Å². The third-order valence-corrected chi connectivity index (χ3v) is 3.99. The van der Waals surface area contributed by atoms with Gasteiger partial charge >= 0.3 is 0 Å². The zero-order valence-electron chi connectivity index (χ0n) is 12.9. The number of aryl methyl sites for hydroxylation is 2. The highest BCUT2D eigenvalue weighted by Gasteiger charge is 2.13. The van der Waals surface area contributed by atoms with Gasteiger partial charge in [-0.1, -0.05) is 56.4 Å². The zero-order valence-corrected chi connectivity index (χ0v) is 13.8. The van der Waals surface area contributed by atoms with Gasteiger partial charge in [-0.15, -0.1) is 10.2 Å². The van der Waals surface area contributed by atoms with E-state index in [9.17, 15) is 4.79 Å². The van der Waals surface area contributed by atoms with E-state index in [2.05, 4.69) is 60.6 Å². The Bertz CT molecular complexity index is 611. The molecule has 5 heteroatoms. The molecule has 2 rings (SSSR count). The van der Waals surface area contributed by atoms with Gasteiger partial charge in [-0.25, -0.2) is 0 Å². The molecule has 0 saturated carbocycles. The number of carbonyl (C=O) groups is 1. The van der Waals surface area contributed by atoms with Gasteiger partial charge in [-0.3, -0.25) is 4.79 Å². The highest BCUT2D eigenvalue weighted by atomic mass is 32.1. The number of nitrogens with zero attached hydrogens (tertiary/aromatic N) is 2. The lowest BCUT2D eigenvalue weighted by Crippen LogP contribution is -2.13. The van der Waals surface area contributed by atoms with Crippen LogP contribution in [-0.2, 0) is 16.6 Å². The van der Waals surface area contributed by atoms with Gasteiger partial charge in [0.15, 0.2) is 0 Å². The third-order valence-electron chi connectivity index (χ3n) is 3.23. The summed E-state index contributed by atoms with van der Waals surface area (Å²) in [5, 5.41) is 12.0.